The number of benzene rings is 1. The summed E-state index contributed by atoms with van der Waals surface area (Å²) < 4.78 is 3.01. The lowest BCUT2D eigenvalue weighted by Gasteiger charge is -2.20. The number of rotatable bonds is 7. The van der Waals surface area contributed by atoms with Crippen molar-refractivity contribution in [3.63, 3.8) is 0 Å². The Morgan fingerprint density at radius 2 is 2.09 bits per heavy atom. The quantitative estimate of drug-likeness (QED) is 0.772. The van der Waals surface area contributed by atoms with Crippen LogP contribution in [0.25, 0.3) is 10.9 Å². The highest BCUT2D eigenvalue weighted by Gasteiger charge is 2.25. The van der Waals surface area contributed by atoms with Crippen molar-refractivity contribution >= 4 is 38.7 Å². The number of carboxylic acids is 1. The van der Waals surface area contributed by atoms with Crippen LogP contribution >= 0.6 is 15.9 Å². The second kappa shape index (κ2) is 7.64. The van der Waals surface area contributed by atoms with Gasteiger partial charge in [-0.05, 0) is 30.2 Å². The number of hydrogen-bond donors (Lipinski definition) is 2. The van der Waals surface area contributed by atoms with Gasteiger partial charge >= 0.3 is 5.97 Å². The molecule has 6 heteroatoms. The number of hydrogen-bond acceptors (Lipinski definition) is 2. The van der Waals surface area contributed by atoms with E-state index in [-0.39, 0.29) is 18.2 Å². The van der Waals surface area contributed by atoms with E-state index in [0.29, 0.717) is 13.0 Å². The fourth-order valence-electron chi connectivity index (χ4n) is 2.52. The molecule has 0 bridgehead atoms. The number of carboxylic acid groups (broad SMARTS) is 1. The molecule has 1 heterocycles. The molecule has 0 spiro atoms. The highest BCUT2D eigenvalue weighted by Crippen LogP contribution is 2.21. The lowest BCUT2D eigenvalue weighted by Crippen LogP contribution is -2.45. The van der Waals surface area contributed by atoms with E-state index in [2.05, 4.69) is 21.2 Å². The first-order valence-electron chi connectivity index (χ1n) is 7.69. The van der Waals surface area contributed by atoms with Crippen molar-refractivity contribution in [1.29, 1.82) is 0 Å². The zero-order valence-electron chi connectivity index (χ0n) is 13.3. The van der Waals surface area contributed by atoms with Crippen LogP contribution in [0.4, 0.5) is 0 Å². The number of aliphatic carboxylic acids is 1. The van der Waals surface area contributed by atoms with E-state index in [9.17, 15) is 14.7 Å². The van der Waals surface area contributed by atoms with Gasteiger partial charge in [0.1, 0.15) is 6.04 Å². The summed E-state index contributed by atoms with van der Waals surface area (Å²) in [6, 6.07) is 7.15. The molecule has 2 rings (SSSR count). The lowest BCUT2D eigenvalue weighted by molar-refractivity contribution is -0.143. The van der Waals surface area contributed by atoms with E-state index >= 15 is 0 Å². The van der Waals surface area contributed by atoms with Crippen molar-refractivity contribution in [2.45, 2.75) is 39.3 Å². The van der Waals surface area contributed by atoms with Gasteiger partial charge in [-0.3, -0.25) is 4.79 Å². The van der Waals surface area contributed by atoms with Gasteiger partial charge in [-0.15, -0.1) is 0 Å². The zero-order valence-corrected chi connectivity index (χ0v) is 14.8. The van der Waals surface area contributed by atoms with E-state index in [1.807, 2.05) is 48.9 Å². The normalized spacial score (nSPS) is 13.7. The van der Waals surface area contributed by atoms with Crippen molar-refractivity contribution in [3.05, 3.63) is 34.9 Å². The molecule has 0 saturated heterocycles. The zero-order chi connectivity index (χ0) is 17.0. The smallest absolute Gasteiger partial charge is 0.326 e. The van der Waals surface area contributed by atoms with Crippen LogP contribution in [0, 0.1) is 5.92 Å². The molecule has 23 heavy (non-hydrogen) atoms. The molecule has 2 N–H and O–H groups in total. The van der Waals surface area contributed by atoms with Crippen molar-refractivity contribution in [2.24, 2.45) is 5.92 Å². The summed E-state index contributed by atoms with van der Waals surface area (Å²) in [6.07, 6.45) is 2.89. The van der Waals surface area contributed by atoms with Crippen molar-refractivity contribution in [2.75, 3.05) is 0 Å². The van der Waals surface area contributed by atoms with E-state index in [1.54, 1.807) is 0 Å². The first-order chi connectivity index (χ1) is 10.9. The van der Waals surface area contributed by atoms with Crippen molar-refractivity contribution in [3.8, 4) is 0 Å². The predicted octanol–water partition coefficient (Wildman–Crippen LogP) is 3.41. The molecule has 0 radical (unpaired) electrons. The van der Waals surface area contributed by atoms with Gasteiger partial charge in [0, 0.05) is 34.5 Å². The number of aryl methyl sites for hydroxylation is 1. The van der Waals surface area contributed by atoms with Gasteiger partial charge in [0.2, 0.25) is 5.91 Å². The number of fused-ring (bicyclic) bond motifs is 1. The molecule has 0 aliphatic carbocycles. The first-order valence-corrected chi connectivity index (χ1v) is 8.48. The minimum absolute atomic E-state index is 0.0961. The maximum absolute atomic E-state index is 12.1. The van der Waals surface area contributed by atoms with E-state index < -0.39 is 12.0 Å². The molecule has 1 aromatic carbocycles. The van der Waals surface area contributed by atoms with Gasteiger partial charge in [-0.2, -0.15) is 0 Å². The van der Waals surface area contributed by atoms with E-state index in [4.69, 9.17) is 0 Å². The summed E-state index contributed by atoms with van der Waals surface area (Å²) in [7, 11) is 0. The van der Waals surface area contributed by atoms with Gasteiger partial charge in [-0.25, -0.2) is 4.79 Å². The van der Waals surface area contributed by atoms with Gasteiger partial charge in [0.05, 0.1) is 0 Å². The topological polar surface area (TPSA) is 71.3 Å². The Bertz CT molecular complexity index is 711. The van der Waals surface area contributed by atoms with E-state index in [0.717, 1.165) is 15.4 Å². The summed E-state index contributed by atoms with van der Waals surface area (Å²) in [4.78, 5) is 23.3. The summed E-state index contributed by atoms with van der Waals surface area (Å²) in [5.74, 6) is -1.32. The average Bonchev–Trinajstić information content (AvgIpc) is 2.91. The molecule has 1 aromatic heterocycles. The fourth-order valence-corrected chi connectivity index (χ4v) is 2.90. The van der Waals surface area contributed by atoms with Crippen molar-refractivity contribution < 1.29 is 14.7 Å². The summed E-state index contributed by atoms with van der Waals surface area (Å²) >= 11 is 3.44. The van der Waals surface area contributed by atoms with Gasteiger partial charge < -0.3 is 15.0 Å². The van der Waals surface area contributed by atoms with Gasteiger partial charge in [0.25, 0.3) is 0 Å². The highest BCUT2D eigenvalue weighted by atomic mass is 79.9. The number of amides is 1. The third-order valence-electron chi connectivity index (χ3n) is 4.11. The molecule has 5 nitrogen and oxygen atoms in total. The minimum Gasteiger partial charge on any atom is -0.480 e. The number of nitrogens with one attached hydrogen (secondary N) is 1. The molecule has 1 amide bonds. The van der Waals surface area contributed by atoms with Crippen LogP contribution in [0.1, 0.15) is 26.7 Å². The Balaban J connectivity index is 1.99. The lowest BCUT2D eigenvalue weighted by atomic mass is 9.99. The molecule has 124 valence electrons. The summed E-state index contributed by atoms with van der Waals surface area (Å²) in [5, 5.41) is 12.9. The van der Waals surface area contributed by atoms with Crippen LogP contribution in [-0.4, -0.2) is 27.6 Å². The van der Waals surface area contributed by atoms with E-state index in [1.165, 1.54) is 0 Å². The van der Waals surface area contributed by atoms with Gasteiger partial charge in [0.15, 0.2) is 0 Å². The molecule has 0 aliphatic rings. The number of halogens is 1. The molecule has 2 unspecified atom stereocenters. The molecule has 0 fully saturated rings. The molecule has 0 saturated carbocycles. The second-order valence-electron chi connectivity index (χ2n) is 5.73. The number of carbonyl (C=O) groups is 2. The fraction of sp³-hybridized carbons (Fsp3) is 0.412. The first kappa shape index (κ1) is 17.5. The number of carbonyl (C=O) groups excluding carboxylic acids is 1. The Kier molecular flexibility index (Phi) is 5.82. The van der Waals surface area contributed by atoms with Gasteiger partial charge in [-0.1, -0.05) is 36.2 Å². The average molecular weight is 381 g/mol. The Hall–Kier alpha value is -1.82. The predicted molar refractivity (Wildman–Crippen MR) is 93.3 cm³/mol. The summed E-state index contributed by atoms with van der Waals surface area (Å²) in [5.41, 5.74) is 1.05. The van der Waals surface area contributed by atoms with Crippen molar-refractivity contribution in [1.82, 2.24) is 9.88 Å². The Morgan fingerprint density at radius 3 is 2.74 bits per heavy atom. The molecule has 0 aliphatic heterocycles. The Labute approximate surface area is 143 Å². The Morgan fingerprint density at radius 1 is 1.35 bits per heavy atom. The molecule has 2 aromatic rings. The third kappa shape index (κ3) is 4.34. The monoisotopic (exact) mass is 380 g/mol. The van der Waals surface area contributed by atoms with Crippen LogP contribution < -0.4 is 5.32 Å². The van der Waals surface area contributed by atoms with Crippen LogP contribution in [0.2, 0.25) is 0 Å². The standard InChI is InChI=1S/C17H21BrN2O3/c1-3-11(2)16(17(22)23)19-15(21)7-9-20-8-6-12-10-13(18)4-5-14(12)20/h4-6,8,10-11,16H,3,7,9H2,1-2H3,(H,19,21)(H,22,23). The van der Waals surface area contributed by atoms with Crippen LogP contribution in [0.15, 0.2) is 34.9 Å². The second-order valence-corrected chi connectivity index (χ2v) is 6.65. The minimum atomic E-state index is -0.982. The summed E-state index contributed by atoms with van der Waals surface area (Å²) in [6.45, 7) is 4.26. The molecular formula is C17H21BrN2O3. The maximum Gasteiger partial charge on any atom is 0.326 e. The maximum atomic E-state index is 12.1. The SMILES string of the molecule is CCC(C)C(NC(=O)CCn1ccc2cc(Br)ccc21)C(=O)O. The largest absolute Gasteiger partial charge is 0.480 e. The molecule has 2 atom stereocenters. The highest BCUT2D eigenvalue weighted by molar-refractivity contribution is 9.10. The molecular weight excluding hydrogens is 360 g/mol. The van der Waals surface area contributed by atoms with Crippen LogP contribution in [0.5, 0.6) is 0 Å². The number of nitrogens with zero attached hydrogens (tertiary/aromatic N) is 1. The van der Waals surface area contributed by atoms with Crippen LogP contribution in [0.3, 0.4) is 0 Å². The van der Waals surface area contributed by atoms with Crippen LogP contribution in [-0.2, 0) is 16.1 Å². The third-order valence-corrected chi connectivity index (χ3v) is 4.60. The number of aromatic nitrogens is 1.